The van der Waals surface area contributed by atoms with Gasteiger partial charge in [0.15, 0.2) is 0 Å². The number of ether oxygens (including phenoxy) is 2. The Balaban J connectivity index is 1.69. The van der Waals surface area contributed by atoms with Crippen molar-refractivity contribution >= 4 is 0 Å². The largest absolute Gasteiger partial charge is 0.497 e. The second kappa shape index (κ2) is 9.43. The van der Waals surface area contributed by atoms with Crippen molar-refractivity contribution in [2.24, 2.45) is 17.3 Å². The summed E-state index contributed by atoms with van der Waals surface area (Å²) in [7, 11) is 1.77. The third-order valence-electron chi connectivity index (χ3n) is 8.78. The number of aliphatic hydroxyl groups excluding tert-OH is 1. The van der Waals surface area contributed by atoms with Gasteiger partial charge in [0.25, 0.3) is 0 Å². The molecule has 1 saturated carbocycles. The first-order chi connectivity index (χ1) is 15.7. The second-order valence-electron chi connectivity index (χ2n) is 11.4. The number of hydrogen-bond acceptors (Lipinski definition) is 3. The molecular formula is C30H42O3. The Morgan fingerprint density at radius 1 is 1.03 bits per heavy atom. The predicted molar refractivity (Wildman–Crippen MR) is 135 cm³/mol. The van der Waals surface area contributed by atoms with E-state index in [9.17, 15) is 5.11 Å². The summed E-state index contributed by atoms with van der Waals surface area (Å²) < 4.78 is 12.4. The average molecular weight is 451 g/mol. The van der Waals surface area contributed by atoms with Gasteiger partial charge in [-0.05, 0) is 97.4 Å². The van der Waals surface area contributed by atoms with Crippen LogP contribution in [0.4, 0.5) is 0 Å². The van der Waals surface area contributed by atoms with Gasteiger partial charge in [-0.2, -0.15) is 0 Å². The molecule has 180 valence electrons. The lowest BCUT2D eigenvalue weighted by Crippen LogP contribution is -2.53. The molecule has 3 nitrogen and oxygen atoms in total. The molecule has 1 unspecified atom stereocenters. The Labute approximate surface area is 200 Å². The molecule has 2 aromatic rings. The van der Waals surface area contributed by atoms with Crippen molar-refractivity contribution < 1.29 is 14.6 Å². The van der Waals surface area contributed by atoms with Crippen LogP contribution in [0.25, 0.3) is 0 Å². The fraction of sp³-hybridized carbons (Fsp3) is 0.600. The van der Waals surface area contributed by atoms with Crippen molar-refractivity contribution in [1.82, 2.24) is 0 Å². The molecule has 0 aromatic heterocycles. The van der Waals surface area contributed by atoms with Gasteiger partial charge in [0.1, 0.15) is 5.75 Å². The summed E-state index contributed by atoms with van der Waals surface area (Å²) in [6.45, 7) is 11.4. The first kappa shape index (κ1) is 24.3. The minimum absolute atomic E-state index is 0.00987. The lowest BCUT2D eigenvalue weighted by molar-refractivity contribution is -0.123. The maximum Gasteiger partial charge on any atom is 0.119 e. The van der Waals surface area contributed by atoms with Crippen LogP contribution in [0.15, 0.2) is 48.5 Å². The van der Waals surface area contributed by atoms with Gasteiger partial charge < -0.3 is 14.6 Å². The summed E-state index contributed by atoms with van der Waals surface area (Å²) in [5.41, 5.74) is 4.50. The highest BCUT2D eigenvalue weighted by Gasteiger charge is 2.55. The lowest BCUT2D eigenvalue weighted by atomic mass is 9.46. The standard InChI is InChI=1S/C30H42O3/c1-20(31)18-21(2)33-28(23-10-8-7-9-11-23)25-16-17-30(5)26-19-24(32-6)14-12-22(26)13-15-27(30)29(25,3)4/h7-12,14,19-21,25,27-28,31H,13,15-18H2,1-6H3/t20-,21-,25-,27?,28+,30-/m1/s1. The zero-order chi connectivity index (χ0) is 23.8. The van der Waals surface area contributed by atoms with Crippen molar-refractivity contribution in [3.8, 4) is 5.75 Å². The fourth-order valence-electron chi connectivity index (χ4n) is 7.20. The summed E-state index contributed by atoms with van der Waals surface area (Å²) in [4.78, 5) is 0. The van der Waals surface area contributed by atoms with E-state index in [0.29, 0.717) is 18.3 Å². The van der Waals surface area contributed by atoms with E-state index < -0.39 is 0 Å². The molecule has 0 heterocycles. The molecule has 2 aliphatic rings. The highest BCUT2D eigenvalue weighted by molar-refractivity contribution is 5.44. The maximum atomic E-state index is 9.95. The smallest absolute Gasteiger partial charge is 0.119 e. The molecular weight excluding hydrogens is 408 g/mol. The van der Waals surface area contributed by atoms with Gasteiger partial charge in [-0.25, -0.2) is 0 Å². The molecule has 0 aliphatic heterocycles. The first-order valence-corrected chi connectivity index (χ1v) is 12.7. The Morgan fingerprint density at radius 2 is 1.76 bits per heavy atom. The maximum absolute atomic E-state index is 9.95. The van der Waals surface area contributed by atoms with Gasteiger partial charge in [0.2, 0.25) is 0 Å². The number of aliphatic hydroxyl groups is 1. The molecule has 1 fully saturated rings. The number of rotatable bonds is 7. The molecule has 0 bridgehead atoms. The van der Waals surface area contributed by atoms with Crippen LogP contribution in [0, 0.1) is 17.3 Å². The Kier molecular flexibility index (Phi) is 6.94. The average Bonchev–Trinajstić information content (AvgIpc) is 2.77. The minimum Gasteiger partial charge on any atom is -0.497 e. The molecule has 1 N–H and O–H groups in total. The van der Waals surface area contributed by atoms with Gasteiger partial charge in [-0.3, -0.25) is 0 Å². The van der Waals surface area contributed by atoms with E-state index in [-0.39, 0.29) is 29.1 Å². The van der Waals surface area contributed by atoms with Gasteiger partial charge in [-0.15, -0.1) is 0 Å². The molecule has 0 amide bonds. The number of fused-ring (bicyclic) bond motifs is 3. The van der Waals surface area contributed by atoms with Gasteiger partial charge >= 0.3 is 0 Å². The summed E-state index contributed by atoms with van der Waals surface area (Å²) in [5, 5.41) is 9.95. The van der Waals surface area contributed by atoms with E-state index in [0.717, 1.165) is 25.0 Å². The fourth-order valence-corrected chi connectivity index (χ4v) is 7.20. The van der Waals surface area contributed by atoms with Crippen molar-refractivity contribution in [2.75, 3.05) is 7.11 Å². The molecule has 4 rings (SSSR count). The van der Waals surface area contributed by atoms with E-state index in [1.54, 1.807) is 7.11 Å². The molecule has 3 heteroatoms. The van der Waals surface area contributed by atoms with Crippen LogP contribution in [0.1, 0.15) is 83.1 Å². The minimum atomic E-state index is -0.357. The van der Waals surface area contributed by atoms with Crippen LogP contribution < -0.4 is 4.74 Å². The Bertz CT molecular complexity index is 935. The van der Waals surface area contributed by atoms with Crippen LogP contribution in [-0.2, 0) is 16.6 Å². The zero-order valence-electron chi connectivity index (χ0n) is 21.3. The monoisotopic (exact) mass is 450 g/mol. The highest BCUT2D eigenvalue weighted by Crippen LogP contribution is 2.62. The molecule has 0 saturated heterocycles. The molecule has 0 radical (unpaired) electrons. The highest BCUT2D eigenvalue weighted by atomic mass is 16.5. The van der Waals surface area contributed by atoms with E-state index in [1.807, 2.05) is 6.92 Å². The van der Waals surface area contributed by atoms with Crippen molar-refractivity contribution in [2.45, 2.75) is 90.4 Å². The SMILES string of the molecule is COc1ccc2c(c1)[C@@]1(C)CC[C@H]([C@@H](O[C@H](C)C[C@@H](C)O)c3ccccc3)C(C)(C)C1CC2. The van der Waals surface area contributed by atoms with Crippen LogP contribution in [0.3, 0.4) is 0 Å². The van der Waals surface area contributed by atoms with Gasteiger partial charge in [0, 0.05) is 0 Å². The first-order valence-electron chi connectivity index (χ1n) is 12.7. The number of aryl methyl sites for hydroxylation is 1. The quantitative estimate of drug-likeness (QED) is 0.500. The van der Waals surface area contributed by atoms with Gasteiger partial charge in [-0.1, -0.05) is 57.2 Å². The van der Waals surface area contributed by atoms with E-state index in [4.69, 9.17) is 9.47 Å². The molecule has 2 aromatic carbocycles. The van der Waals surface area contributed by atoms with Crippen LogP contribution in [0.2, 0.25) is 0 Å². The normalized spacial score (nSPS) is 28.8. The summed E-state index contributed by atoms with van der Waals surface area (Å²) >= 11 is 0. The number of methoxy groups -OCH3 is 1. The Morgan fingerprint density at radius 3 is 2.42 bits per heavy atom. The summed E-state index contributed by atoms with van der Waals surface area (Å²) in [6, 6.07) is 17.4. The third-order valence-corrected chi connectivity index (χ3v) is 8.78. The van der Waals surface area contributed by atoms with Crippen LogP contribution >= 0.6 is 0 Å². The van der Waals surface area contributed by atoms with Crippen molar-refractivity contribution in [3.63, 3.8) is 0 Å². The van der Waals surface area contributed by atoms with Crippen LogP contribution in [0.5, 0.6) is 5.75 Å². The second-order valence-corrected chi connectivity index (χ2v) is 11.4. The van der Waals surface area contributed by atoms with Crippen molar-refractivity contribution in [3.05, 3.63) is 65.2 Å². The lowest BCUT2D eigenvalue weighted by Gasteiger charge is -2.59. The van der Waals surface area contributed by atoms with Gasteiger partial charge in [0.05, 0.1) is 25.4 Å². The molecule has 6 atom stereocenters. The van der Waals surface area contributed by atoms with E-state index in [2.05, 4.69) is 76.2 Å². The third kappa shape index (κ3) is 4.59. The summed E-state index contributed by atoms with van der Waals surface area (Å²) in [6.07, 6.45) is 4.96. The predicted octanol–water partition coefficient (Wildman–Crippen LogP) is 6.87. The van der Waals surface area contributed by atoms with E-state index >= 15 is 0 Å². The molecule has 33 heavy (non-hydrogen) atoms. The Hall–Kier alpha value is -1.84. The summed E-state index contributed by atoms with van der Waals surface area (Å²) in [5.74, 6) is 1.96. The topological polar surface area (TPSA) is 38.7 Å². The van der Waals surface area contributed by atoms with Crippen molar-refractivity contribution in [1.29, 1.82) is 0 Å². The number of hydrogen-bond donors (Lipinski definition) is 1. The number of benzene rings is 2. The molecule has 0 spiro atoms. The zero-order valence-corrected chi connectivity index (χ0v) is 21.3. The van der Waals surface area contributed by atoms with E-state index in [1.165, 1.54) is 23.1 Å². The molecule has 2 aliphatic carbocycles. The van der Waals surface area contributed by atoms with Crippen LogP contribution in [-0.4, -0.2) is 24.4 Å².